The molecule has 2 heterocycles. The van der Waals surface area contributed by atoms with E-state index < -0.39 is 23.5 Å². The van der Waals surface area contributed by atoms with Crippen LogP contribution in [0.15, 0.2) is 34.9 Å². The van der Waals surface area contributed by atoms with Crippen LogP contribution in [0.1, 0.15) is 57.7 Å². The van der Waals surface area contributed by atoms with E-state index in [1.165, 1.54) is 4.90 Å². The number of nitrogens with zero attached hydrogens (tertiary/aromatic N) is 5. The first kappa shape index (κ1) is 43.1. The van der Waals surface area contributed by atoms with Gasteiger partial charge in [-0.05, 0) is 35.4 Å². The lowest BCUT2D eigenvalue weighted by molar-refractivity contribution is -0.146. The average molecular weight is 746 g/mol. The van der Waals surface area contributed by atoms with Gasteiger partial charge in [0, 0.05) is 49.6 Å². The number of amides is 1. The predicted molar refractivity (Wildman–Crippen MR) is 197 cm³/mol. The van der Waals surface area contributed by atoms with Crippen LogP contribution < -0.4 is 0 Å². The summed E-state index contributed by atoms with van der Waals surface area (Å²) in [6, 6.07) is 7.39. The molecule has 1 aromatic heterocycles. The summed E-state index contributed by atoms with van der Waals surface area (Å²) in [7, 11) is 0. The number of ketones is 2. The number of carbonyl (C=O) groups is 3. The molecule has 2 aromatic rings. The maximum atomic E-state index is 13.9. The number of aliphatic hydroxyl groups is 1. The number of hydrogen-bond donors (Lipinski definition) is 1. The van der Waals surface area contributed by atoms with Gasteiger partial charge in [0.2, 0.25) is 5.91 Å². The minimum Gasteiger partial charge on any atom is -0.391 e. The molecule has 1 amide bonds. The first-order chi connectivity index (χ1) is 25.0. The zero-order chi connectivity index (χ0) is 37.8. The Hall–Kier alpha value is -3.27. The van der Waals surface area contributed by atoms with Crippen LogP contribution in [0.4, 0.5) is 0 Å². The molecule has 14 nitrogen and oxygen atoms in total. The van der Waals surface area contributed by atoms with Crippen LogP contribution in [0, 0.1) is 18.3 Å². The smallest absolute Gasteiger partial charge is 0.227 e. The molecule has 1 aromatic carbocycles. The van der Waals surface area contributed by atoms with Gasteiger partial charge in [-0.15, -0.1) is 11.3 Å². The lowest BCUT2D eigenvalue weighted by atomic mass is 9.76. The molecule has 52 heavy (non-hydrogen) atoms. The number of aliphatic hydroxyl groups excluding tert-OH is 1. The van der Waals surface area contributed by atoms with E-state index in [9.17, 15) is 19.5 Å². The lowest BCUT2D eigenvalue weighted by Gasteiger charge is -2.34. The Morgan fingerprint density at radius 3 is 2.06 bits per heavy atom. The number of aryl methyl sites for hydroxylation is 2. The molecule has 0 bridgehead atoms. The minimum absolute atomic E-state index is 0.0345. The van der Waals surface area contributed by atoms with Crippen molar-refractivity contribution in [3.8, 4) is 10.4 Å². The second-order valence-corrected chi connectivity index (χ2v) is 14.6. The van der Waals surface area contributed by atoms with E-state index in [1.54, 1.807) is 11.3 Å². The number of Topliss-reactive ketones (excluding diaryl/α,β-unsaturated/α-hetero) is 2. The maximum absolute atomic E-state index is 13.9. The molecule has 0 spiro atoms. The number of ether oxygens (including phenoxy) is 5. The number of thiazole rings is 1. The molecule has 1 saturated heterocycles. The Bertz CT molecular complexity index is 1430. The number of azide groups is 1. The van der Waals surface area contributed by atoms with Gasteiger partial charge in [-0.3, -0.25) is 14.4 Å². The van der Waals surface area contributed by atoms with E-state index in [0.717, 1.165) is 21.7 Å². The van der Waals surface area contributed by atoms with Crippen LogP contribution in [-0.2, 0) is 44.5 Å². The zero-order valence-corrected chi connectivity index (χ0v) is 31.8. The lowest BCUT2D eigenvalue weighted by Crippen LogP contribution is -2.47. The summed E-state index contributed by atoms with van der Waals surface area (Å²) in [4.78, 5) is 49.9. The fourth-order valence-corrected chi connectivity index (χ4v) is 6.62. The molecule has 0 radical (unpaired) electrons. The second kappa shape index (κ2) is 23.4. The molecule has 0 aliphatic carbocycles. The summed E-state index contributed by atoms with van der Waals surface area (Å²) in [5.74, 6) is -1.08. The van der Waals surface area contributed by atoms with Gasteiger partial charge in [-0.1, -0.05) is 50.2 Å². The van der Waals surface area contributed by atoms with Crippen molar-refractivity contribution in [2.24, 2.45) is 16.4 Å². The van der Waals surface area contributed by atoms with E-state index in [1.807, 2.05) is 57.5 Å². The Morgan fingerprint density at radius 2 is 1.52 bits per heavy atom. The summed E-state index contributed by atoms with van der Waals surface area (Å²) in [6.07, 6.45) is 0.399. The van der Waals surface area contributed by atoms with Crippen LogP contribution in [0.3, 0.4) is 0 Å². The number of carbonyl (C=O) groups excluding carboxylic acids is 3. The summed E-state index contributed by atoms with van der Waals surface area (Å²) in [5.41, 5.74) is 12.6. The highest BCUT2D eigenvalue weighted by molar-refractivity contribution is 7.13. The van der Waals surface area contributed by atoms with Gasteiger partial charge in [-0.2, -0.15) is 0 Å². The topological polar surface area (TPSA) is 182 Å². The van der Waals surface area contributed by atoms with Crippen LogP contribution in [0.25, 0.3) is 20.9 Å². The third-order valence-electron chi connectivity index (χ3n) is 8.74. The average Bonchev–Trinajstić information content (AvgIpc) is 3.73. The minimum atomic E-state index is -0.785. The summed E-state index contributed by atoms with van der Waals surface area (Å²) in [6.45, 7) is 11.9. The number of β-amino-alcohol motifs (C(OH)–C–C–N with tert-alkyl or cyclic N) is 1. The van der Waals surface area contributed by atoms with Crippen molar-refractivity contribution in [3.63, 3.8) is 0 Å². The SMILES string of the molecule is Cc1ncsc1-c1ccc(CCC(=O)[C@@H]2C[C@@H](O)CN2C(=O)[C@@H](CC(=O)CCOCCOCCOCCOCCOCCN=[N+]=[N-])C(C)(C)C)cc1. The van der Waals surface area contributed by atoms with E-state index in [-0.39, 0.29) is 56.3 Å². The van der Waals surface area contributed by atoms with E-state index in [2.05, 4.69) is 15.0 Å². The van der Waals surface area contributed by atoms with Crippen molar-refractivity contribution >= 4 is 28.8 Å². The molecule has 1 fully saturated rings. The van der Waals surface area contributed by atoms with Crippen molar-refractivity contribution in [2.75, 3.05) is 79.2 Å². The molecular weight excluding hydrogens is 690 g/mol. The van der Waals surface area contributed by atoms with Crippen molar-refractivity contribution < 1.29 is 43.2 Å². The van der Waals surface area contributed by atoms with Crippen LogP contribution in [0.2, 0.25) is 0 Å². The van der Waals surface area contributed by atoms with Gasteiger partial charge in [0.1, 0.15) is 5.78 Å². The van der Waals surface area contributed by atoms with Crippen LogP contribution in [0.5, 0.6) is 0 Å². The molecule has 1 aliphatic heterocycles. The Balaban J connectivity index is 1.32. The molecule has 0 unspecified atom stereocenters. The molecule has 15 heteroatoms. The Kier molecular flexibility index (Phi) is 19.4. The number of rotatable bonds is 26. The standard InChI is InChI=1S/C37H55N5O9S/c1-27-35(52-26-39-27)29-8-5-28(6-9-29)7-10-34(45)33-24-31(44)25-42(33)36(46)32(37(2,3)4)23-30(43)11-13-47-15-17-49-19-21-51-22-20-50-18-16-48-14-12-40-41-38/h5-6,8-9,26,31-33,44H,7,10-25H2,1-4H3/t31-,32-,33+/m1/s1. The van der Waals surface area contributed by atoms with Crippen molar-refractivity contribution in [1.82, 2.24) is 9.88 Å². The molecule has 3 atom stereocenters. The predicted octanol–water partition coefficient (Wildman–Crippen LogP) is 4.99. The quantitative estimate of drug-likeness (QED) is 0.0596. The van der Waals surface area contributed by atoms with Crippen LogP contribution in [-0.4, -0.2) is 124 Å². The van der Waals surface area contributed by atoms with Crippen molar-refractivity contribution in [1.29, 1.82) is 0 Å². The van der Waals surface area contributed by atoms with Crippen molar-refractivity contribution in [2.45, 2.75) is 71.9 Å². The molecule has 288 valence electrons. The maximum Gasteiger partial charge on any atom is 0.227 e. The summed E-state index contributed by atoms with van der Waals surface area (Å²) in [5, 5.41) is 13.9. The fourth-order valence-electron chi connectivity index (χ4n) is 5.81. The second-order valence-electron chi connectivity index (χ2n) is 13.8. The van der Waals surface area contributed by atoms with Gasteiger partial charge in [0.15, 0.2) is 5.78 Å². The highest BCUT2D eigenvalue weighted by atomic mass is 32.1. The van der Waals surface area contributed by atoms with E-state index in [4.69, 9.17) is 29.2 Å². The number of aromatic nitrogens is 1. The third-order valence-corrected chi connectivity index (χ3v) is 9.72. The van der Waals surface area contributed by atoms with Crippen molar-refractivity contribution in [3.05, 3.63) is 51.5 Å². The zero-order valence-electron chi connectivity index (χ0n) is 31.0. The Labute approximate surface area is 310 Å². The van der Waals surface area contributed by atoms with Crippen LogP contribution >= 0.6 is 11.3 Å². The highest BCUT2D eigenvalue weighted by Gasteiger charge is 2.44. The van der Waals surface area contributed by atoms with Gasteiger partial charge >= 0.3 is 0 Å². The molecule has 3 rings (SSSR count). The molecular formula is C37H55N5O9S. The van der Waals surface area contributed by atoms with Gasteiger partial charge in [0.05, 0.1) is 94.3 Å². The summed E-state index contributed by atoms with van der Waals surface area (Å²) < 4.78 is 27.2. The first-order valence-corrected chi connectivity index (χ1v) is 18.8. The van der Waals surface area contributed by atoms with Gasteiger partial charge < -0.3 is 33.7 Å². The molecule has 1 N–H and O–H groups in total. The fraction of sp³-hybridized carbons (Fsp3) is 0.676. The highest BCUT2D eigenvalue weighted by Crippen LogP contribution is 2.34. The molecule has 0 saturated carbocycles. The molecule has 1 aliphatic rings. The number of benzene rings is 1. The van der Waals surface area contributed by atoms with E-state index >= 15 is 0 Å². The Morgan fingerprint density at radius 1 is 0.942 bits per heavy atom. The normalized spacial score (nSPS) is 16.5. The van der Waals surface area contributed by atoms with Gasteiger partial charge in [-0.25, -0.2) is 4.98 Å². The monoisotopic (exact) mass is 745 g/mol. The third kappa shape index (κ3) is 15.4. The number of hydrogen-bond acceptors (Lipinski definition) is 12. The summed E-state index contributed by atoms with van der Waals surface area (Å²) >= 11 is 1.59. The van der Waals surface area contributed by atoms with Gasteiger partial charge in [0.25, 0.3) is 0 Å². The van der Waals surface area contributed by atoms with E-state index in [0.29, 0.717) is 72.4 Å². The first-order valence-electron chi connectivity index (χ1n) is 17.9. The largest absolute Gasteiger partial charge is 0.391 e. The number of likely N-dealkylation sites (tertiary alicyclic amines) is 1.